The SMILES string of the molecule is Nc1ccc(-c2nnnn2C2CCS(=O)(=O)C2)c(Cl)c1. The van der Waals surface area contributed by atoms with Crippen molar-refractivity contribution in [2.75, 3.05) is 17.2 Å². The van der Waals surface area contributed by atoms with Crippen LogP contribution in [0, 0.1) is 0 Å². The summed E-state index contributed by atoms with van der Waals surface area (Å²) in [6.07, 6.45) is 0.507. The third-order valence-electron chi connectivity index (χ3n) is 3.28. The minimum atomic E-state index is -3.01. The quantitative estimate of drug-likeness (QED) is 0.827. The largest absolute Gasteiger partial charge is 0.399 e. The van der Waals surface area contributed by atoms with Crippen molar-refractivity contribution in [3.05, 3.63) is 23.2 Å². The van der Waals surface area contributed by atoms with E-state index in [9.17, 15) is 8.42 Å². The third-order valence-corrected chi connectivity index (χ3v) is 5.34. The fraction of sp³-hybridized carbons (Fsp3) is 0.364. The molecule has 2 aromatic rings. The van der Waals surface area contributed by atoms with Gasteiger partial charge in [-0.15, -0.1) is 5.10 Å². The van der Waals surface area contributed by atoms with Crippen LogP contribution in [0.5, 0.6) is 0 Å². The zero-order valence-corrected chi connectivity index (χ0v) is 12.0. The van der Waals surface area contributed by atoms with Gasteiger partial charge in [0.2, 0.25) is 0 Å². The maximum atomic E-state index is 11.6. The summed E-state index contributed by atoms with van der Waals surface area (Å²) in [5, 5.41) is 11.9. The van der Waals surface area contributed by atoms with Crippen molar-refractivity contribution >= 4 is 27.1 Å². The van der Waals surface area contributed by atoms with Gasteiger partial charge in [0.1, 0.15) is 0 Å². The van der Waals surface area contributed by atoms with E-state index in [0.717, 1.165) is 0 Å². The number of hydrogen-bond donors (Lipinski definition) is 1. The molecule has 1 aromatic heterocycles. The van der Waals surface area contributed by atoms with Crippen molar-refractivity contribution in [3.63, 3.8) is 0 Å². The number of tetrazole rings is 1. The number of aromatic nitrogens is 4. The van der Waals surface area contributed by atoms with Crippen LogP contribution in [-0.4, -0.2) is 40.1 Å². The summed E-state index contributed by atoms with van der Waals surface area (Å²) in [5.41, 5.74) is 6.83. The molecule has 0 bridgehead atoms. The average molecular weight is 314 g/mol. The fourth-order valence-electron chi connectivity index (χ4n) is 2.30. The van der Waals surface area contributed by atoms with Crippen LogP contribution in [0.25, 0.3) is 11.4 Å². The molecule has 20 heavy (non-hydrogen) atoms. The van der Waals surface area contributed by atoms with Crippen molar-refractivity contribution in [2.24, 2.45) is 0 Å². The van der Waals surface area contributed by atoms with Crippen molar-refractivity contribution in [1.29, 1.82) is 0 Å². The van der Waals surface area contributed by atoms with Gasteiger partial charge in [0.25, 0.3) is 0 Å². The molecular weight excluding hydrogens is 302 g/mol. The lowest BCUT2D eigenvalue weighted by atomic mass is 10.2. The lowest BCUT2D eigenvalue weighted by molar-refractivity contribution is 0.489. The molecular formula is C11H12ClN5O2S. The van der Waals surface area contributed by atoms with Crippen LogP contribution in [0.4, 0.5) is 5.69 Å². The molecule has 1 fully saturated rings. The zero-order chi connectivity index (χ0) is 14.3. The molecule has 3 rings (SSSR count). The van der Waals surface area contributed by atoms with E-state index in [0.29, 0.717) is 28.5 Å². The second-order valence-electron chi connectivity index (χ2n) is 4.74. The molecule has 2 N–H and O–H groups in total. The maximum Gasteiger partial charge on any atom is 0.183 e. The number of nitrogens with zero attached hydrogens (tertiary/aromatic N) is 4. The molecule has 0 aliphatic carbocycles. The molecule has 9 heteroatoms. The van der Waals surface area contributed by atoms with Crippen LogP contribution in [-0.2, 0) is 9.84 Å². The van der Waals surface area contributed by atoms with Crippen molar-refractivity contribution < 1.29 is 8.42 Å². The fourth-order valence-corrected chi connectivity index (χ4v) is 4.26. The summed E-state index contributed by atoms with van der Waals surface area (Å²) in [4.78, 5) is 0. The van der Waals surface area contributed by atoms with Crippen molar-refractivity contribution in [1.82, 2.24) is 20.2 Å². The highest BCUT2D eigenvalue weighted by molar-refractivity contribution is 7.91. The Hall–Kier alpha value is -1.67. The predicted octanol–water partition coefficient (Wildman–Crippen LogP) is 0.935. The van der Waals surface area contributed by atoms with Gasteiger partial charge < -0.3 is 5.73 Å². The Balaban J connectivity index is 2.02. The van der Waals surface area contributed by atoms with Gasteiger partial charge in [-0.2, -0.15) is 0 Å². The van der Waals surface area contributed by atoms with E-state index in [-0.39, 0.29) is 17.5 Å². The van der Waals surface area contributed by atoms with E-state index in [4.69, 9.17) is 17.3 Å². The highest BCUT2D eigenvalue weighted by atomic mass is 35.5. The first-order chi connectivity index (χ1) is 9.46. The van der Waals surface area contributed by atoms with E-state index in [2.05, 4.69) is 15.5 Å². The Bertz CT molecular complexity index is 758. The van der Waals surface area contributed by atoms with E-state index < -0.39 is 9.84 Å². The minimum Gasteiger partial charge on any atom is -0.399 e. The molecule has 106 valence electrons. The highest BCUT2D eigenvalue weighted by Gasteiger charge is 2.32. The third kappa shape index (κ3) is 2.36. The second kappa shape index (κ2) is 4.71. The number of rotatable bonds is 2. The molecule has 0 saturated carbocycles. The lowest BCUT2D eigenvalue weighted by Crippen LogP contribution is -2.14. The Morgan fingerprint density at radius 1 is 1.40 bits per heavy atom. The maximum absolute atomic E-state index is 11.6. The first kappa shape index (κ1) is 13.3. The van der Waals surface area contributed by atoms with Crippen LogP contribution in [0.1, 0.15) is 12.5 Å². The Labute approximate surface area is 120 Å². The normalized spacial score (nSPS) is 21.1. The monoisotopic (exact) mass is 313 g/mol. The molecule has 1 saturated heterocycles. The molecule has 7 nitrogen and oxygen atoms in total. The average Bonchev–Trinajstić information content (AvgIpc) is 2.95. The highest BCUT2D eigenvalue weighted by Crippen LogP contribution is 2.31. The summed E-state index contributed by atoms with van der Waals surface area (Å²) in [7, 11) is -3.01. The first-order valence-corrected chi connectivity index (χ1v) is 8.20. The van der Waals surface area contributed by atoms with Gasteiger partial charge in [-0.1, -0.05) is 11.6 Å². The summed E-state index contributed by atoms with van der Waals surface area (Å²) in [6.45, 7) is 0. The van der Waals surface area contributed by atoms with Gasteiger partial charge in [-0.05, 0) is 35.0 Å². The number of anilines is 1. The number of halogens is 1. The molecule has 0 radical (unpaired) electrons. The topological polar surface area (TPSA) is 104 Å². The van der Waals surface area contributed by atoms with Gasteiger partial charge in [0, 0.05) is 11.3 Å². The minimum absolute atomic E-state index is 0.0532. The van der Waals surface area contributed by atoms with Gasteiger partial charge in [-0.25, -0.2) is 13.1 Å². The lowest BCUT2D eigenvalue weighted by Gasteiger charge is -2.11. The van der Waals surface area contributed by atoms with Gasteiger partial charge >= 0.3 is 0 Å². The van der Waals surface area contributed by atoms with E-state index in [1.807, 2.05) is 0 Å². The van der Waals surface area contributed by atoms with E-state index >= 15 is 0 Å². The first-order valence-electron chi connectivity index (χ1n) is 6.00. The van der Waals surface area contributed by atoms with Crippen molar-refractivity contribution in [2.45, 2.75) is 12.5 Å². The Morgan fingerprint density at radius 2 is 2.20 bits per heavy atom. The van der Waals surface area contributed by atoms with Crippen molar-refractivity contribution in [3.8, 4) is 11.4 Å². The summed E-state index contributed by atoms with van der Waals surface area (Å²) in [6, 6.07) is 4.79. The molecule has 1 aromatic carbocycles. The van der Waals surface area contributed by atoms with Gasteiger partial charge in [0.15, 0.2) is 15.7 Å². The molecule has 1 unspecified atom stereocenters. The van der Waals surface area contributed by atoms with Crippen LogP contribution in [0.15, 0.2) is 18.2 Å². The summed E-state index contributed by atoms with van der Waals surface area (Å²) in [5.74, 6) is 0.668. The van der Waals surface area contributed by atoms with E-state index in [1.165, 1.54) is 4.68 Å². The summed E-state index contributed by atoms with van der Waals surface area (Å²) >= 11 is 6.15. The zero-order valence-electron chi connectivity index (χ0n) is 10.4. The van der Waals surface area contributed by atoms with Gasteiger partial charge in [-0.3, -0.25) is 0 Å². The molecule has 1 aliphatic heterocycles. The molecule has 1 atom stereocenters. The predicted molar refractivity (Wildman–Crippen MR) is 75.0 cm³/mol. The standard InChI is InChI=1S/C11H12ClN5O2S/c12-10-5-7(13)1-2-9(10)11-14-15-16-17(11)8-3-4-20(18,19)6-8/h1-2,5,8H,3-4,6,13H2. The second-order valence-corrected chi connectivity index (χ2v) is 7.38. The van der Waals surface area contributed by atoms with Crippen LogP contribution < -0.4 is 5.73 Å². The van der Waals surface area contributed by atoms with E-state index in [1.54, 1.807) is 18.2 Å². The molecule has 0 amide bonds. The molecule has 2 heterocycles. The number of hydrogen-bond acceptors (Lipinski definition) is 6. The molecule has 1 aliphatic rings. The Kier molecular flexibility index (Phi) is 3.14. The van der Waals surface area contributed by atoms with Crippen LogP contribution >= 0.6 is 11.6 Å². The number of nitrogen functional groups attached to an aromatic ring is 1. The number of benzene rings is 1. The summed E-state index contributed by atoms with van der Waals surface area (Å²) < 4.78 is 24.7. The van der Waals surface area contributed by atoms with Gasteiger partial charge in [0.05, 0.1) is 22.6 Å². The van der Waals surface area contributed by atoms with Crippen LogP contribution in [0.2, 0.25) is 5.02 Å². The smallest absolute Gasteiger partial charge is 0.183 e. The number of nitrogens with two attached hydrogens (primary N) is 1. The Morgan fingerprint density at radius 3 is 2.85 bits per heavy atom. The van der Waals surface area contributed by atoms with Crippen LogP contribution in [0.3, 0.4) is 0 Å². The number of sulfone groups is 1. The molecule has 0 spiro atoms.